The Balaban J connectivity index is 1.79. The van der Waals surface area contributed by atoms with Crippen LogP contribution in [0.2, 0.25) is 5.02 Å². The average Bonchev–Trinajstić information content (AvgIpc) is 2.94. The number of thioether (sulfide) groups is 1. The van der Waals surface area contributed by atoms with Gasteiger partial charge in [0.25, 0.3) is 0 Å². The predicted octanol–water partition coefficient (Wildman–Crippen LogP) is 5.32. The SMILES string of the molecule is Cc1nnc(SCc2ccc(Br)cc2)n1N=Cc1c(F)cccc1Cl. The second-order valence-corrected chi connectivity index (χ2v) is 7.40. The molecule has 0 spiro atoms. The topological polar surface area (TPSA) is 43.1 Å². The van der Waals surface area contributed by atoms with Crippen LogP contribution < -0.4 is 0 Å². The maximum atomic E-state index is 13.9. The van der Waals surface area contributed by atoms with Gasteiger partial charge in [0.05, 0.1) is 11.2 Å². The van der Waals surface area contributed by atoms with E-state index in [9.17, 15) is 4.39 Å². The molecule has 25 heavy (non-hydrogen) atoms. The standard InChI is InChI=1S/C17H13BrClFN4S/c1-11-22-23-17(25-10-12-5-7-13(18)8-6-12)24(11)21-9-14-15(19)3-2-4-16(14)20/h2-9H,10H2,1H3. The lowest BCUT2D eigenvalue weighted by Crippen LogP contribution is -1.98. The van der Waals surface area contributed by atoms with Gasteiger partial charge in [-0.2, -0.15) is 9.78 Å². The molecule has 0 aliphatic heterocycles. The third-order valence-electron chi connectivity index (χ3n) is 3.35. The first kappa shape index (κ1) is 18.1. The molecule has 3 aromatic rings. The minimum Gasteiger partial charge on any atom is -0.206 e. The molecule has 1 heterocycles. The summed E-state index contributed by atoms with van der Waals surface area (Å²) in [5.41, 5.74) is 1.39. The highest BCUT2D eigenvalue weighted by molar-refractivity contribution is 9.10. The molecule has 0 amide bonds. The third kappa shape index (κ3) is 4.48. The van der Waals surface area contributed by atoms with Crippen molar-refractivity contribution in [2.24, 2.45) is 5.10 Å². The highest BCUT2D eigenvalue weighted by Gasteiger charge is 2.10. The summed E-state index contributed by atoms with van der Waals surface area (Å²) >= 11 is 10.9. The highest BCUT2D eigenvalue weighted by atomic mass is 79.9. The molecule has 0 aliphatic carbocycles. The summed E-state index contributed by atoms with van der Waals surface area (Å²) < 4.78 is 16.5. The minimum atomic E-state index is -0.425. The van der Waals surface area contributed by atoms with Gasteiger partial charge in [-0.3, -0.25) is 0 Å². The van der Waals surface area contributed by atoms with Gasteiger partial charge in [-0.25, -0.2) is 4.39 Å². The predicted molar refractivity (Wildman–Crippen MR) is 103 cm³/mol. The average molecular weight is 440 g/mol. The van der Waals surface area contributed by atoms with Gasteiger partial charge in [-0.05, 0) is 36.8 Å². The molecule has 3 rings (SSSR count). The molecule has 0 aliphatic rings. The fourth-order valence-corrected chi connectivity index (χ4v) is 3.40. The summed E-state index contributed by atoms with van der Waals surface area (Å²) in [6.45, 7) is 1.79. The largest absolute Gasteiger partial charge is 0.212 e. The molecule has 0 bridgehead atoms. The van der Waals surface area contributed by atoms with Crippen LogP contribution in [0.5, 0.6) is 0 Å². The van der Waals surface area contributed by atoms with Gasteiger partial charge in [0.2, 0.25) is 5.16 Å². The quantitative estimate of drug-likeness (QED) is 0.399. The molecule has 0 N–H and O–H groups in total. The molecule has 128 valence electrons. The number of rotatable bonds is 5. The molecule has 4 nitrogen and oxygen atoms in total. The van der Waals surface area contributed by atoms with Crippen molar-refractivity contribution in [3.05, 3.63) is 74.7 Å². The van der Waals surface area contributed by atoms with Crippen LogP contribution in [0, 0.1) is 12.7 Å². The van der Waals surface area contributed by atoms with Crippen LogP contribution in [0.3, 0.4) is 0 Å². The van der Waals surface area contributed by atoms with E-state index in [0.29, 0.717) is 16.0 Å². The Morgan fingerprint density at radius 2 is 2.00 bits per heavy atom. The van der Waals surface area contributed by atoms with Gasteiger partial charge in [0, 0.05) is 15.8 Å². The van der Waals surface area contributed by atoms with Gasteiger partial charge in [0.1, 0.15) is 5.82 Å². The van der Waals surface area contributed by atoms with Crippen LogP contribution in [0.4, 0.5) is 4.39 Å². The van der Waals surface area contributed by atoms with Crippen molar-refractivity contribution in [2.75, 3.05) is 0 Å². The fraction of sp³-hybridized carbons (Fsp3) is 0.118. The maximum absolute atomic E-state index is 13.9. The van der Waals surface area contributed by atoms with Crippen molar-refractivity contribution >= 4 is 45.5 Å². The number of benzene rings is 2. The molecule has 8 heteroatoms. The molecule has 1 aromatic heterocycles. The van der Waals surface area contributed by atoms with Gasteiger partial charge in [-0.1, -0.05) is 57.5 Å². The summed E-state index contributed by atoms with van der Waals surface area (Å²) in [4.78, 5) is 0. The molecule has 0 unspecified atom stereocenters. The first-order valence-electron chi connectivity index (χ1n) is 7.32. The zero-order valence-electron chi connectivity index (χ0n) is 13.2. The van der Waals surface area contributed by atoms with E-state index < -0.39 is 5.82 Å². The third-order valence-corrected chi connectivity index (χ3v) is 5.20. The zero-order valence-corrected chi connectivity index (χ0v) is 16.3. The Hall–Kier alpha value is -1.70. The van der Waals surface area contributed by atoms with E-state index in [1.165, 1.54) is 24.0 Å². The van der Waals surface area contributed by atoms with E-state index >= 15 is 0 Å². The van der Waals surface area contributed by atoms with Crippen LogP contribution in [-0.4, -0.2) is 21.1 Å². The van der Waals surface area contributed by atoms with Gasteiger partial charge in [-0.15, -0.1) is 10.2 Å². The highest BCUT2D eigenvalue weighted by Crippen LogP contribution is 2.23. The van der Waals surface area contributed by atoms with Crippen LogP contribution in [0.15, 0.2) is 57.2 Å². The van der Waals surface area contributed by atoms with Gasteiger partial charge < -0.3 is 0 Å². The van der Waals surface area contributed by atoms with E-state index in [-0.39, 0.29) is 5.56 Å². The Kier molecular flexibility index (Phi) is 5.88. The van der Waals surface area contributed by atoms with Crippen molar-refractivity contribution in [3.63, 3.8) is 0 Å². The second kappa shape index (κ2) is 8.12. The molecular weight excluding hydrogens is 427 g/mol. The summed E-state index contributed by atoms with van der Waals surface area (Å²) in [6, 6.07) is 12.6. The Labute approximate surface area is 162 Å². The minimum absolute atomic E-state index is 0.237. The van der Waals surface area contributed by atoms with E-state index in [2.05, 4.69) is 31.2 Å². The van der Waals surface area contributed by atoms with E-state index in [0.717, 1.165) is 15.8 Å². The smallest absolute Gasteiger partial charge is 0.206 e. The van der Waals surface area contributed by atoms with E-state index in [1.807, 2.05) is 24.3 Å². The first-order chi connectivity index (χ1) is 12.0. The molecule has 0 saturated heterocycles. The second-order valence-electron chi connectivity index (χ2n) is 5.14. The summed E-state index contributed by atoms with van der Waals surface area (Å²) in [5.74, 6) is 0.912. The number of hydrogen-bond acceptors (Lipinski definition) is 4. The zero-order chi connectivity index (χ0) is 17.8. The number of halogens is 3. The lowest BCUT2D eigenvalue weighted by Gasteiger charge is -2.04. The van der Waals surface area contributed by atoms with Crippen molar-refractivity contribution in [1.82, 2.24) is 14.9 Å². The monoisotopic (exact) mass is 438 g/mol. The van der Waals surface area contributed by atoms with Crippen LogP contribution in [0.1, 0.15) is 17.0 Å². The summed E-state index contributed by atoms with van der Waals surface area (Å²) in [5, 5.41) is 13.4. The Morgan fingerprint density at radius 3 is 2.72 bits per heavy atom. The molecule has 2 aromatic carbocycles. The number of nitrogens with zero attached hydrogens (tertiary/aromatic N) is 4. The molecule has 0 fully saturated rings. The lowest BCUT2D eigenvalue weighted by atomic mass is 10.2. The normalized spacial score (nSPS) is 11.4. The molecule has 0 radical (unpaired) electrons. The number of aromatic nitrogens is 3. The van der Waals surface area contributed by atoms with Gasteiger partial charge >= 0.3 is 0 Å². The summed E-state index contributed by atoms with van der Waals surface area (Å²) in [6.07, 6.45) is 1.39. The number of aryl methyl sites for hydroxylation is 1. The van der Waals surface area contributed by atoms with E-state index in [4.69, 9.17) is 11.6 Å². The molecule has 0 atom stereocenters. The Bertz CT molecular complexity index is 891. The molecule has 0 saturated carbocycles. The Morgan fingerprint density at radius 1 is 1.24 bits per heavy atom. The maximum Gasteiger partial charge on any atom is 0.212 e. The first-order valence-corrected chi connectivity index (χ1v) is 9.48. The van der Waals surface area contributed by atoms with Crippen LogP contribution in [0.25, 0.3) is 0 Å². The fourth-order valence-electron chi connectivity index (χ4n) is 2.04. The number of hydrogen-bond donors (Lipinski definition) is 0. The molecular formula is C17H13BrClFN4S. The summed E-state index contributed by atoms with van der Waals surface area (Å²) in [7, 11) is 0. The van der Waals surface area contributed by atoms with Crippen LogP contribution in [-0.2, 0) is 5.75 Å². The van der Waals surface area contributed by atoms with Crippen molar-refractivity contribution < 1.29 is 4.39 Å². The van der Waals surface area contributed by atoms with Crippen LogP contribution >= 0.6 is 39.3 Å². The van der Waals surface area contributed by atoms with Crippen molar-refractivity contribution in [3.8, 4) is 0 Å². The van der Waals surface area contributed by atoms with Crippen molar-refractivity contribution in [2.45, 2.75) is 17.8 Å². The van der Waals surface area contributed by atoms with Crippen molar-refractivity contribution in [1.29, 1.82) is 0 Å². The lowest BCUT2D eigenvalue weighted by molar-refractivity contribution is 0.625. The van der Waals surface area contributed by atoms with Gasteiger partial charge in [0.15, 0.2) is 5.82 Å². The van der Waals surface area contributed by atoms with E-state index in [1.54, 1.807) is 23.7 Å².